The lowest BCUT2D eigenvalue weighted by atomic mass is 9.43. The number of ether oxygens (including phenoxy) is 4. The van der Waals surface area contributed by atoms with Gasteiger partial charge in [-0.15, -0.1) is 0 Å². The van der Waals surface area contributed by atoms with E-state index in [0.29, 0.717) is 23.8 Å². The Morgan fingerprint density at radius 3 is 2.48 bits per heavy atom. The number of fused-ring (bicyclic) bond motifs is 2. The zero-order valence-corrected chi connectivity index (χ0v) is 19.9. The highest BCUT2D eigenvalue weighted by molar-refractivity contribution is 5.33. The van der Waals surface area contributed by atoms with E-state index in [1.807, 2.05) is 28.4 Å². The molecule has 6 fully saturated rings. The molecule has 1 spiro atoms. The lowest BCUT2D eigenvalue weighted by Crippen LogP contribution is -2.76. The summed E-state index contributed by atoms with van der Waals surface area (Å²) in [4.78, 5) is 2.72. The van der Waals surface area contributed by atoms with Crippen LogP contribution >= 0.6 is 0 Å². The fourth-order valence-electron chi connectivity index (χ4n) is 10.9. The molecule has 0 aromatic rings. The number of hydrogen-bond donors (Lipinski definition) is 1. The van der Waals surface area contributed by atoms with Crippen molar-refractivity contribution in [2.45, 2.75) is 69.0 Å². The summed E-state index contributed by atoms with van der Waals surface area (Å²) in [6.07, 6.45) is 5.61. The van der Waals surface area contributed by atoms with Crippen LogP contribution in [0.1, 0.15) is 39.0 Å². The quantitative estimate of drug-likeness (QED) is 0.690. The van der Waals surface area contributed by atoms with E-state index in [0.717, 1.165) is 51.8 Å². The van der Waals surface area contributed by atoms with Crippen LogP contribution in [-0.4, -0.2) is 88.1 Å². The topological polar surface area (TPSA) is 60.4 Å². The molecule has 12 atom stereocenters. The second-order valence-corrected chi connectivity index (χ2v) is 11.7. The molecule has 0 radical (unpaired) electrons. The van der Waals surface area contributed by atoms with E-state index in [4.69, 9.17) is 18.9 Å². The van der Waals surface area contributed by atoms with Crippen LogP contribution in [0.4, 0.5) is 0 Å². The summed E-state index contributed by atoms with van der Waals surface area (Å²) < 4.78 is 24.5. The summed E-state index contributed by atoms with van der Waals surface area (Å²) in [6.45, 7) is 5.24. The van der Waals surface area contributed by atoms with E-state index in [-0.39, 0.29) is 41.0 Å². The molecule has 6 nitrogen and oxygen atoms in total. The molecule has 0 aromatic carbocycles. The Morgan fingerprint density at radius 2 is 1.84 bits per heavy atom. The van der Waals surface area contributed by atoms with Crippen LogP contribution in [0.5, 0.6) is 0 Å². The smallest absolute Gasteiger partial charge is 0.0771 e. The van der Waals surface area contributed by atoms with Crippen molar-refractivity contribution in [1.82, 2.24) is 4.90 Å². The van der Waals surface area contributed by atoms with Crippen molar-refractivity contribution in [3.05, 3.63) is 0 Å². The van der Waals surface area contributed by atoms with E-state index in [1.54, 1.807) is 0 Å². The summed E-state index contributed by atoms with van der Waals surface area (Å²) >= 11 is 0. The average Bonchev–Trinajstić information content (AvgIpc) is 3.24. The van der Waals surface area contributed by atoms with Gasteiger partial charge in [0.15, 0.2) is 0 Å². The van der Waals surface area contributed by atoms with E-state index in [2.05, 4.69) is 11.8 Å². The van der Waals surface area contributed by atoms with Crippen LogP contribution in [0.2, 0.25) is 0 Å². The van der Waals surface area contributed by atoms with E-state index in [9.17, 15) is 5.11 Å². The molecule has 5 aliphatic carbocycles. The fraction of sp³-hybridized carbons (Fsp3) is 1.00. The third kappa shape index (κ3) is 2.21. The van der Waals surface area contributed by atoms with Gasteiger partial charge in [-0.1, -0.05) is 6.92 Å². The number of hydrogen-bond acceptors (Lipinski definition) is 6. The first-order valence-corrected chi connectivity index (χ1v) is 12.5. The molecule has 176 valence electrons. The molecule has 1 unspecified atom stereocenters. The maximum Gasteiger partial charge on any atom is 0.0771 e. The van der Waals surface area contributed by atoms with Crippen LogP contribution in [0.15, 0.2) is 0 Å². The maximum atomic E-state index is 12.6. The Morgan fingerprint density at radius 1 is 1.03 bits per heavy atom. The molecule has 5 saturated carbocycles. The van der Waals surface area contributed by atoms with Gasteiger partial charge in [0, 0.05) is 76.0 Å². The summed E-state index contributed by atoms with van der Waals surface area (Å²) in [5, 5.41) is 12.6. The summed E-state index contributed by atoms with van der Waals surface area (Å²) in [6, 6.07) is 0.385. The number of likely N-dealkylation sites (tertiary alicyclic amines) is 1. The second-order valence-electron chi connectivity index (χ2n) is 11.7. The minimum Gasteiger partial charge on any atom is -0.389 e. The third-order valence-electron chi connectivity index (χ3n) is 11.4. The Bertz CT molecular complexity index is 735. The molecule has 6 heteroatoms. The molecule has 0 amide bonds. The number of piperidine rings is 1. The summed E-state index contributed by atoms with van der Waals surface area (Å²) in [5.41, 5.74) is -0.474. The van der Waals surface area contributed by atoms with Crippen molar-refractivity contribution in [2.24, 2.45) is 40.4 Å². The van der Waals surface area contributed by atoms with Gasteiger partial charge >= 0.3 is 0 Å². The largest absolute Gasteiger partial charge is 0.389 e. The molecular weight excluding hydrogens is 394 g/mol. The number of nitrogens with zero attached hydrogens (tertiary/aromatic N) is 1. The van der Waals surface area contributed by atoms with Crippen molar-refractivity contribution in [3.8, 4) is 0 Å². The highest BCUT2D eigenvalue weighted by atomic mass is 16.5. The van der Waals surface area contributed by atoms with Gasteiger partial charge in [-0.25, -0.2) is 0 Å². The van der Waals surface area contributed by atoms with E-state index in [1.165, 1.54) is 0 Å². The first-order valence-electron chi connectivity index (χ1n) is 12.5. The SMILES string of the molecule is CCN1C[C@]2(COC)CC[C@H](OC)[C@]34C1[C@H](C[C@H]23)[C@@]1(O)C[C@H](OC)[C@H]2C[C@@H]4[C@@H]1[C@H]2OC. The molecule has 6 rings (SSSR count). The van der Waals surface area contributed by atoms with Gasteiger partial charge in [0.25, 0.3) is 0 Å². The predicted molar refractivity (Wildman–Crippen MR) is 116 cm³/mol. The van der Waals surface area contributed by atoms with Gasteiger partial charge in [-0.3, -0.25) is 4.90 Å². The normalized spacial score (nSPS) is 59.2. The molecule has 0 aromatic heterocycles. The molecule has 1 aliphatic heterocycles. The van der Waals surface area contributed by atoms with Gasteiger partial charge in [0.1, 0.15) is 0 Å². The van der Waals surface area contributed by atoms with Crippen LogP contribution in [0, 0.1) is 40.4 Å². The van der Waals surface area contributed by atoms with Gasteiger partial charge in [0.2, 0.25) is 0 Å². The minimum atomic E-state index is -0.721. The first kappa shape index (κ1) is 21.3. The second kappa shape index (κ2) is 6.89. The molecular formula is C25H41NO5. The van der Waals surface area contributed by atoms with Gasteiger partial charge < -0.3 is 24.1 Å². The molecule has 31 heavy (non-hydrogen) atoms. The summed E-state index contributed by atoms with van der Waals surface area (Å²) in [5.74, 6) is 1.77. The third-order valence-corrected chi connectivity index (χ3v) is 11.4. The Labute approximate surface area is 186 Å². The Hall–Kier alpha value is -0.240. The van der Waals surface area contributed by atoms with Crippen LogP contribution < -0.4 is 0 Å². The summed E-state index contributed by atoms with van der Waals surface area (Å²) in [7, 11) is 7.45. The van der Waals surface area contributed by atoms with Crippen molar-refractivity contribution >= 4 is 0 Å². The molecule has 1 N–H and O–H groups in total. The predicted octanol–water partition coefficient (Wildman–Crippen LogP) is 2.19. The zero-order valence-electron chi connectivity index (χ0n) is 19.9. The zero-order chi connectivity index (χ0) is 21.8. The van der Waals surface area contributed by atoms with Gasteiger partial charge in [-0.05, 0) is 44.1 Å². The van der Waals surface area contributed by atoms with Crippen LogP contribution in [-0.2, 0) is 18.9 Å². The average molecular weight is 436 g/mol. The number of methoxy groups -OCH3 is 4. The van der Waals surface area contributed by atoms with Crippen LogP contribution in [0.25, 0.3) is 0 Å². The highest BCUT2D eigenvalue weighted by Gasteiger charge is 2.83. The number of aliphatic hydroxyl groups is 1. The fourth-order valence-corrected chi connectivity index (χ4v) is 10.9. The monoisotopic (exact) mass is 435 g/mol. The van der Waals surface area contributed by atoms with Crippen molar-refractivity contribution in [2.75, 3.05) is 48.1 Å². The molecule has 6 aliphatic rings. The minimum absolute atomic E-state index is 0.0789. The van der Waals surface area contributed by atoms with E-state index >= 15 is 0 Å². The highest BCUT2D eigenvalue weighted by Crippen LogP contribution is 2.79. The van der Waals surface area contributed by atoms with Crippen molar-refractivity contribution in [3.63, 3.8) is 0 Å². The lowest BCUT2D eigenvalue weighted by molar-refractivity contribution is -0.277. The standard InChI is InChI=1S/C25H41NO5/c1-6-26-12-23(13-28-2)8-7-19(30-4)25-15-9-14-17(29-3)11-24(27,20(15)21(14)31-5)16(22(25)26)10-18(23)25/h14-22,27H,6-13H2,1-5H3/t14-,15-,16+,17+,18-,19+,20-,21+,22?,23+,24+,25-/m1/s1. The van der Waals surface area contributed by atoms with Crippen LogP contribution in [0.3, 0.4) is 0 Å². The lowest BCUT2D eigenvalue weighted by Gasteiger charge is -2.69. The molecule has 1 saturated heterocycles. The van der Waals surface area contributed by atoms with Crippen molar-refractivity contribution in [1.29, 1.82) is 0 Å². The number of rotatable bonds is 6. The van der Waals surface area contributed by atoms with E-state index < -0.39 is 5.60 Å². The Balaban J connectivity index is 1.58. The Kier molecular flexibility index (Phi) is 4.74. The maximum absolute atomic E-state index is 12.6. The van der Waals surface area contributed by atoms with Gasteiger partial charge in [-0.2, -0.15) is 0 Å². The molecule has 1 heterocycles. The molecule has 7 bridgehead atoms. The first-order chi connectivity index (χ1) is 15.0. The van der Waals surface area contributed by atoms with Crippen molar-refractivity contribution < 1.29 is 24.1 Å². The van der Waals surface area contributed by atoms with Gasteiger partial charge in [0.05, 0.1) is 30.5 Å².